The lowest BCUT2D eigenvalue weighted by Crippen LogP contribution is -1.97. The molecular weight excluding hydrogens is 238 g/mol. The number of hydrogen-bond acceptors (Lipinski definition) is 5. The van der Waals surface area contributed by atoms with E-state index in [1.54, 1.807) is 13.8 Å². The van der Waals surface area contributed by atoms with Crippen LogP contribution in [0.5, 0.6) is 0 Å². The second-order valence-electron chi connectivity index (χ2n) is 3.94. The minimum absolute atomic E-state index is 0.175. The van der Waals surface area contributed by atoms with Gasteiger partial charge < -0.3 is 0 Å². The van der Waals surface area contributed by atoms with Crippen LogP contribution in [0.25, 0.3) is 10.9 Å². The molecule has 0 saturated carbocycles. The average molecular weight is 247 g/mol. The highest BCUT2D eigenvalue weighted by Gasteiger charge is 2.21. The van der Waals surface area contributed by atoms with Crippen molar-refractivity contribution < 1.29 is 9.85 Å². The van der Waals surface area contributed by atoms with Crippen molar-refractivity contribution >= 4 is 22.3 Å². The van der Waals surface area contributed by atoms with Crippen molar-refractivity contribution in [1.29, 1.82) is 0 Å². The van der Waals surface area contributed by atoms with Crippen LogP contribution in [0.1, 0.15) is 11.1 Å². The summed E-state index contributed by atoms with van der Waals surface area (Å²) in [5, 5.41) is 22.1. The molecule has 0 aliphatic heterocycles. The minimum Gasteiger partial charge on any atom is -0.258 e. The number of fused-ring (bicyclic) bond motifs is 1. The van der Waals surface area contributed by atoms with Gasteiger partial charge in [0.2, 0.25) is 0 Å². The van der Waals surface area contributed by atoms with E-state index in [9.17, 15) is 20.2 Å². The monoisotopic (exact) mass is 247 g/mol. The first-order valence-electron chi connectivity index (χ1n) is 5.10. The predicted molar refractivity (Wildman–Crippen MR) is 64.5 cm³/mol. The van der Waals surface area contributed by atoms with E-state index in [2.05, 4.69) is 4.98 Å². The molecule has 1 heterocycles. The number of nitrogens with zero attached hydrogens (tertiary/aromatic N) is 3. The highest BCUT2D eigenvalue weighted by atomic mass is 16.6. The summed E-state index contributed by atoms with van der Waals surface area (Å²) in [6.45, 7) is 3.55. The second kappa shape index (κ2) is 4.02. The molecule has 0 aliphatic carbocycles. The van der Waals surface area contributed by atoms with Gasteiger partial charge in [0.25, 0.3) is 5.69 Å². The van der Waals surface area contributed by atoms with Crippen molar-refractivity contribution in [3.05, 3.63) is 49.7 Å². The van der Waals surface area contributed by atoms with Crippen molar-refractivity contribution in [1.82, 2.24) is 4.98 Å². The van der Waals surface area contributed by atoms with E-state index in [4.69, 9.17) is 0 Å². The lowest BCUT2D eigenvalue weighted by molar-refractivity contribution is -0.393. The van der Waals surface area contributed by atoms with Crippen LogP contribution in [0, 0.1) is 34.1 Å². The van der Waals surface area contributed by atoms with Gasteiger partial charge in [-0.3, -0.25) is 20.2 Å². The summed E-state index contributed by atoms with van der Waals surface area (Å²) in [6.07, 6.45) is 1.52. The van der Waals surface area contributed by atoms with Crippen LogP contribution in [-0.4, -0.2) is 14.8 Å². The molecule has 0 atom stereocenters. The molecule has 0 fully saturated rings. The number of pyridine rings is 1. The highest BCUT2D eigenvalue weighted by Crippen LogP contribution is 2.32. The molecular formula is C11H9N3O4. The zero-order valence-corrected chi connectivity index (χ0v) is 9.71. The van der Waals surface area contributed by atoms with E-state index < -0.39 is 9.85 Å². The topological polar surface area (TPSA) is 99.2 Å². The molecule has 92 valence electrons. The van der Waals surface area contributed by atoms with E-state index in [0.29, 0.717) is 5.39 Å². The number of hydrogen-bond donors (Lipinski definition) is 0. The van der Waals surface area contributed by atoms with E-state index in [1.807, 2.05) is 0 Å². The zero-order valence-electron chi connectivity index (χ0n) is 9.71. The molecule has 0 saturated heterocycles. The molecule has 0 aliphatic rings. The van der Waals surface area contributed by atoms with Crippen LogP contribution in [0.2, 0.25) is 0 Å². The maximum atomic E-state index is 10.9. The van der Waals surface area contributed by atoms with Crippen molar-refractivity contribution in [3.63, 3.8) is 0 Å². The number of aryl methyl sites for hydroxylation is 2. The Bertz CT molecular complexity index is 682. The Morgan fingerprint density at radius 3 is 2.33 bits per heavy atom. The van der Waals surface area contributed by atoms with Crippen LogP contribution in [0.4, 0.5) is 11.4 Å². The first-order valence-corrected chi connectivity index (χ1v) is 5.10. The Balaban J connectivity index is 2.94. The van der Waals surface area contributed by atoms with Crippen LogP contribution in [-0.2, 0) is 0 Å². The maximum absolute atomic E-state index is 10.9. The molecule has 0 radical (unpaired) electrons. The Hall–Kier alpha value is -2.57. The number of nitro groups is 2. The fourth-order valence-corrected chi connectivity index (χ4v) is 1.74. The molecule has 2 aromatic rings. The lowest BCUT2D eigenvalue weighted by Gasteiger charge is -2.05. The summed E-state index contributed by atoms with van der Waals surface area (Å²) in [6, 6.07) is 2.25. The van der Waals surface area contributed by atoms with Gasteiger partial charge in [0.15, 0.2) is 0 Å². The normalized spacial score (nSPS) is 10.6. The van der Waals surface area contributed by atoms with Gasteiger partial charge in [-0.1, -0.05) is 0 Å². The van der Waals surface area contributed by atoms with E-state index >= 15 is 0 Å². The molecule has 0 spiro atoms. The van der Waals surface area contributed by atoms with E-state index in [-0.39, 0.29) is 16.9 Å². The Labute approximate surface area is 101 Å². The summed E-state index contributed by atoms with van der Waals surface area (Å²) in [5.74, 6) is 0. The number of aromatic nitrogens is 1. The van der Waals surface area contributed by atoms with Crippen LogP contribution < -0.4 is 0 Å². The number of non-ortho nitro benzene ring substituents is 2. The summed E-state index contributed by atoms with van der Waals surface area (Å²) in [5.41, 5.74) is 1.12. The molecule has 1 aromatic carbocycles. The number of nitro benzene ring substituents is 2. The number of benzene rings is 1. The average Bonchev–Trinajstić information content (AvgIpc) is 2.32. The molecule has 7 nitrogen and oxygen atoms in total. The smallest absolute Gasteiger partial charge is 0.258 e. The molecule has 7 heteroatoms. The predicted octanol–water partition coefficient (Wildman–Crippen LogP) is 2.67. The minimum atomic E-state index is -0.656. The van der Waals surface area contributed by atoms with Gasteiger partial charge in [-0.05, 0) is 25.0 Å². The zero-order chi connectivity index (χ0) is 13.4. The van der Waals surface area contributed by atoms with Crippen molar-refractivity contribution in [2.24, 2.45) is 0 Å². The lowest BCUT2D eigenvalue weighted by atomic mass is 10.0. The van der Waals surface area contributed by atoms with Gasteiger partial charge in [-0.25, -0.2) is 4.98 Å². The van der Waals surface area contributed by atoms with Crippen molar-refractivity contribution in [2.75, 3.05) is 0 Å². The molecule has 1 aromatic heterocycles. The highest BCUT2D eigenvalue weighted by molar-refractivity contribution is 5.92. The fourth-order valence-electron chi connectivity index (χ4n) is 1.74. The van der Waals surface area contributed by atoms with E-state index in [1.165, 1.54) is 12.3 Å². The summed E-state index contributed by atoms with van der Waals surface area (Å²) in [7, 11) is 0. The third kappa shape index (κ3) is 1.75. The van der Waals surface area contributed by atoms with E-state index in [0.717, 1.165) is 17.2 Å². The molecule has 0 N–H and O–H groups in total. The third-order valence-electron chi connectivity index (χ3n) is 2.86. The van der Waals surface area contributed by atoms with Gasteiger partial charge in [0.1, 0.15) is 5.52 Å². The molecule has 0 unspecified atom stereocenters. The van der Waals surface area contributed by atoms with Crippen LogP contribution in [0.3, 0.4) is 0 Å². The maximum Gasteiger partial charge on any atom is 0.302 e. The van der Waals surface area contributed by atoms with Crippen LogP contribution in [0.15, 0.2) is 18.3 Å². The van der Waals surface area contributed by atoms with Crippen molar-refractivity contribution in [3.8, 4) is 0 Å². The molecule has 2 rings (SSSR count). The van der Waals surface area contributed by atoms with Gasteiger partial charge in [0.05, 0.1) is 15.9 Å². The quantitative estimate of drug-likeness (QED) is 0.599. The first-order chi connectivity index (χ1) is 8.41. The summed E-state index contributed by atoms with van der Waals surface area (Å²) < 4.78 is 0. The first kappa shape index (κ1) is 11.9. The standard InChI is InChI=1S/C11H9N3O4/c1-6-5-12-11-9(7(6)2)3-8(13(15)16)4-10(11)14(17)18/h3-5H,1-2H3. The Morgan fingerprint density at radius 1 is 1.11 bits per heavy atom. The summed E-state index contributed by atoms with van der Waals surface area (Å²) in [4.78, 5) is 24.4. The SMILES string of the molecule is Cc1cnc2c([N+](=O)[O-])cc([N+](=O)[O-])cc2c1C. The van der Waals surface area contributed by atoms with Gasteiger partial charge >= 0.3 is 5.69 Å². The fraction of sp³-hybridized carbons (Fsp3) is 0.182. The van der Waals surface area contributed by atoms with Gasteiger partial charge in [-0.2, -0.15) is 0 Å². The molecule has 0 amide bonds. The summed E-state index contributed by atoms with van der Waals surface area (Å²) >= 11 is 0. The second-order valence-corrected chi connectivity index (χ2v) is 3.94. The van der Waals surface area contributed by atoms with Crippen molar-refractivity contribution in [2.45, 2.75) is 13.8 Å². The molecule has 0 bridgehead atoms. The Morgan fingerprint density at radius 2 is 1.78 bits per heavy atom. The Kier molecular flexibility index (Phi) is 2.66. The van der Waals surface area contributed by atoms with Crippen LogP contribution >= 0.6 is 0 Å². The number of rotatable bonds is 2. The van der Waals surface area contributed by atoms with Gasteiger partial charge in [0, 0.05) is 17.6 Å². The third-order valence-corrected chi connectivity index (χ3v) is 2.86. The molecule has 18 heavy (non-hydrogen) atoms. The largest absolute Gasteiger partial charge is 0.302 e. The van der Waals surface area contributed by atoms with Gasteiger partial charge in [-0.15, -0.1) is 0 Å².